The average Bonchev–Trinajstić information content (AvgIpc) is 3.45. The summed E-state index contributed by atoms with van der Waals surface area (Å²) in [5, 5.41) is 4.39. The van der Waals surface area contributed by atoms with E-state index in [1.807, 2.05) is 22.7 Å². The third-order valence-electron chi connectivity index (χ3n) is 6.33. The van der Waals surface area contributed by atoms with Crippen molar-refractivity contribution >= 4 is 67.2 Å². The van der Waals surface area contributed by atoms with Crippen LogP contribution in [0.25, 0.3) is 31.3 Å². The van der Waals surface area contributed by atoms with Gasteiger partial charge in [0.15, 0.2) is 0 Å². The van der Waals surface area contributed by atoms with Gasteiger partial charge in [0.1, 0.15) is 0 Å². The van der Waals surface area contributed by atoms with E-state index in [1.54, 1.807) is 11.1 Å². The number of rotatable bonds is 3. The molecular weight excluding hydrogens is 431 g/mol. The highest BCUT2D eigenvalue weighted by Crippen LogP contribution is 2.56. The molecule has 0 fully saturated rings. The zero-order valence-corrected chi connectivity index (χ0v) is 20.2. The van der Waals surface area contributed by atoms with Crippen LogP contribution in [0.2, 0.25) is 0 Å². The molecule has 0 atom stereocenters. The largest absolute Gasteiger partial charge is 0.140 e. The van der Waals surface area contributed by atoms with Crippen molar-refractivity contribution in [1.82, 2.24) is 0 Å². The molecular formula is C28H23PS2. The molecule has 3 heteroatoms. The van der Waals surface area contributed by atoms with Crippen LogP contribution >= 0.6 is 30.6 Å². The number of hydrogen-bond donors (Lipinski definition) is 0. The molecule has 0 unspecified atom stereocenters. The van der Waals surface area contributed by atoms with E-state index in [4.69, 9.17) is 0 Å². The Kier molecular flexibility index (Phi) is 4.83. The smallest absolute Gasteiger partial charge is 0.0351 e. The maximum atomic E-state index is 2.34. The Balaban J connectivity index is 1.61. The SMILES string of the molecule is Cc1sc2ccccc2c1C1=C(c2c(C)sc3ccccc23)CP(c2ccccc2)C1. The van der Waals surface area contributed by atoms with Crippen molar-refractivity contribution in [2.75, 3.05) is 12.3 Å². The summed E-state index contributed by atoms with van der Waals surface area (Å²) in [7, 11) is -0.229. The van der Waals surface area contributed by atoms with Gasteiger partial charge in [-0.1, -0.05) is 74.7 Å². The molecule has 3 heterocycles. The summed E-state index contributed by atoms with van der Waals surface area (Å²) in [6.07, 6.45) is 2.36. The van der Waals surface area contributed by atoms with E-state index >= 15 is 0 Å². The summed E-state index contributed by atoms with van der Waals surface area (Å²) in [4.78, 5) is 2.91. The molecule has 0 amide bonds. The van der Waals surface area contributed by atoms with Crippen molar-refractivity contribution in [2.45, 2.75) is 13.8 Å². The summed E-state index contributed by atoms with van der Waals surface area (Å²) in [5.41, 5.74) is 6.20. The molecule has 31 heavy (non-hydrogen) atoms. The van der Waals surface area contributed by atoms with Crippen molar-refractivity contribution in [3.8, 4) is 0 Å². The molecule has 0 N–H and O–H groups in total. The van der Waals surface area contributed by atoms with Gasteiger partial charge in [0, 0.05) is 29.9 Å². The first-order valence-electron chi connectivity index (χ1n) is 10.7. The second-order valence-corrected chi connectivity index (χ2v) is 12.9. The Morgan fingerprint density at radius 3 is 1.55 bits per heavy atom. The first-order chi connectivity index (χ1) is 15.2. The average molecular weight is 455 g/mol. The van der Waals surface area contributed by atoms with Gasteiger partial charge in [0.2, 0.25) is 0 Å². The standard InChI is InChI=1S/C28H23PS2/c1-18-27(21-12-6-8-14-25(21)30-18)23-16-29(20-10-4-3-5-11-20)17-24(23)28-19(2)31-26-15-9-7-13-22(26)28/h3-15H,16-17H2,1-2H3. The van der Waals surface area contributed by atoms with Gasteiger partial charge in [0.25, 0.3) is 0 Å². The van der Waals surface area contributed by atoms with Crippen LogP contribution < -0.4 is 5.30 Å². The molecule has 3 aromatic carbocycles. The van der Waals surface area contributed by atoms with Gasteiger partial charge in [-0.25, -0.2) is 0 Å². The highest BCUT2D eigenvalue weighted by atomic mass is 32.1. The van der Waals surface area contributed by atoms with E-state index in [1.165, 1.54) is 58.7 Å². The van der Waals surface area contributed by atoms with Gasteiger partial charge in [-0.05, 0) is 65.9 Å². The monoisotopic (exact) mass is 454 g/mol. The summed E-state index contributed by atoms with van der Waals surface area (Å²) in [6.45, 7) is 4.62. The maximum Gasteiger partial charge on any atom is 0.0351 e. The molecule has 0 spiro atoms. The predicted molar refractivity (Wildman–Crippen MR) is 143 cm³/mol. The highest BCUT2D eigenvalue weighted by molar-refractivity contribution is 7.67. The van der Waals surface area contributed by atoms with E-state index in [9.17, 15) is 0 Å². The van der Waals surface area contributed by atoms with Crippen LogP contribution in [0.3, 0.4) is 0 Å². The number of aryl methyl sites for hydroxylation is 2. The summed E-state index contributed by atoms with van der Waals surface area (Å²) < 4.78 is 2.81. The zero-order chi connectivity index (χ0) is 20.9. The number of benzene rings is 3. The van der Waals surface area contributed by atoms with Crippen molar-refractivity contribution in [3.05, 3.63) is 99.7 Å². The number of allylic oxidation sites excluding steroid dienone is 2. The fraction of sp³-hybridized carbons (Fsp3) is 0.143. The molecule has 0 radical (unpaired) electrons. The Bertz CT molecular complexity index is 1360. The van der Waals surface area contributed by atoms with Gasteiger partial charge in [-0.15, -0.1) is 22.7 Å². The van der Waals surface area contributed by atoms with Gasteiger partial charge in [-0.3, -0.25) is 0 Å². The minimum atomic E-state index is -0.229. The second-order valence-electron chi connectivity index (χ2n) is 8.21. The van der Waals surface area contributed by atoms with Crippen LogP contribution in [0.4, 0.5) is 0 Å². The summed E-state index contributed by atoms with van der Waals surface area (Å²) in [5.74, 6) is 0. The van der Waals surface area contributed by atoms with Crippen molar-refractivity contribution in [1.29, 1.82) is 0 Å². The third kappa shape index (κ3) is 3.21. The van der Waals surface area contributed by atoms with Crippen molar-refractivity contribution in [2.24, 2.45) is 0 Å². The molecule has 6 rings (SSSR count). The van der Waals surface area contributed by atoms with E-state index in [0.29, 0.717) is 0 Å². The van der Waals surface area contributed by atoms with E-state index in [0.717, 1.165) is 0 Å². The fourth-order valence-corrected chi connectivity index (χ4v) is 9.71. The van der Waals surface area contributed by atoms with E-state index in [-0.39, 0.29) is 7.92 Å². The molecule has 0 aliphatic carbocycles. The number of hydrogen-bond acceptors (Lipinski definition) is 2. The minimum absolute atomic E-state index is 0.229. The number of fused-ring (bicyclic) bond motifs is 2. The van der Waals surface area contributed by atoms with Crippen LogP contribution in [0.5, 0.6) is 0 Å². The predicted octanol–water partition coefficient (Wildman–Crippen LogP) is 8.46. The third-order valence-corrected chi connectivity index (χ3v) is 10.9. The quantitative estimate of drug-likeness (QED) is 0.240. The topological polar surface area (TPSA) is 0 Å². The summed E-state index contributed by atoms with van der Waals surface area (Å²) in [6, 6.07) is 29.1. The number of thiophene rings is 2. The molecule has 0 nitrogen and oxygen atoms in total. The van der Waals surface area contributed by atoms with Crippen molar-refractivity contribution < 1.29 is 0 Å². The lowest BCUT2D eigenvalue weighted by Gasteiger charge is -2.11. The highest BCUT2D eigenvalue weighted by Gasteiger charge is 2.31. The molecule has 5 aromatic rings. The molecule has 1 aliphatic rings. The molecule has 1 aliphatic heterocycles. The van der Waals surface area contributed by atoms with E-state index in [2.05, 4.69) is 92.7 Å². The van der Waals surface area contributed by atoms with Gasteiger partial charge in [-0.2, -0.15) is 0 Å². The van der Waals surface area contributed by atoms with Crippen LogP contribution in [0.1, 0.15) is 20.9 Å². The van der Waals surface area contributed by atoms with Crippen LogP contribution in [-0.4, -0.2) is 12.3 Å². The summed E-state index contributed by atoms with van der Waals surface area (Å²) >= 11 is 3.89. The Labute approximate surface area is 192 Å². The normalized spacial score (nSPS) is 14.9. The Morgan fingerprint density at radius 2 is 1.03 bits per heavy atom. The lowest BCUT2D eigenvalue weighted by Crippen LogP contribution is -2.02. The molecule has 2 aromatic heterocycles. The zero-order valence-electron chi connectivity index (χ0n) is 17.7. The van der Waals surface area contributed by atoms with Crippen molar-refractivity contribution in [3.63, 3.8) is 0 Å². The van der Waals surface area contributed by atoms with Gasteiger partial charge >= 0.3 is 0 Å². The maximum absolute atomic E-state index is 2.34. The molecule has 0 saturated carbocycles. The fourth-order valence-electron chi connectivity index (χ4n) is 5.00. The Hall–Kier alpha value is -2.25. The first-order valence-corrected chi connectivity index (χ1v) is 14.0. The van der Waals surface area contributed by atoms with Crippen LogP contribution in [-0.2, 0) is 0 Å². The molecule has 0 saturated heterocycles. The lowest BCUT2D eigenvalue weighted by atomic mass is 9.94. The van der Waals surface area contributed by atoms with Gasteiger partial charge < -0.3 is 0 Å². The lowest BCUT2D eigenvalue weighted by molar-refractivity contribution is 1.53. The van der Waals surface area contributed by atoms with Crippen LogP contribution in [0, 0.1) is 13.8 Å². The van der Waals surface area contributed by atoms with E-state index < -0.39 is 0 Å². The van der Waals surface area contributed by atoms with Gasteiger partial charge in [0.05, 0.1) is 0 Å². The second kappa shape index (κ2) is 7.71. The minimum Gasteiger partial charge on any atom is -0.140 e. The molecule has 152 valence electrons. The first kappa shape index (κ1) is 19.4. The van der Waals surface area contributed by atoms with Crippen LogP contribution in [0.15, 0.2) is 78.9 Å². The molecule has 0 bridgehead atoms. The Morgan fingerprint density at radius 1 is 0.581 bits per heavy atom.